The molecule has 0 aromatic heterocycles. The van der Waals surface area contributed by atoms with E-state index in [4.69, 9.17) is 0 Å². The minimum absolute atomic E-state index is 0.112. The third kappa shape index (κ3) is 3.24. The summed E-state index contributed by atoms with van der Waals surface area (Å²) >= 11 is 0. The molecule has 15 heavy (non-hydrogen) atoms. The predicted molar refractivity (Wildman–Crippen MR) is 62.8 cm³/mol. The second-order valence-corrected chi connectivity index (χ2v) is 3.86. The Hall–Kier alpha value is -1.57. The Morgan fingerprint density at radius 2 is 2.13 bits per heavy atom. The van der Waals surface area contributed by atoms with E-state index in [0.29, 0.717) is 0 Å². The van der Waals surface area contributed by atoms with Gasteiger partial charge in [-0.15, -0.1) is 0 Å². The fourth-order valence-corrected chi connectivity index (χ4v) is 1.51. The average Bonchev–Trinajstić information content (AvgIpc) is 2.16. The van der Waals surface area contributed by atoms with Crippen molar-refractivity contribution in [2.24, 2.45) is 0 Å². The van der Waals surface area contributed by atoms with Crippen LogP contribution in [-0.4, -0.2) is 17.7 Å². The molecule has 0 saturated carbocycles. The molecule has 80 valence electrons. The minimum Gasteiger partial charge on any atom is -0.377 e. The van der Waals surface area contributed by atoms with E-state index in [2.05, 4.69) is 12.6 Å². The molecule has 0 atom stereocenters. The zero-order chi connectivity index (χ0) is 11.4. The molecule has 0 aliphatic carbocycles. The molecule has 0 aliphatic rings. The van der Waals surface area contributed by atoms with Gasteiger partial charge in [0.05, 0.1) is 0 Å². The van der Waals surface area contributed by atoms with E-state index >= 15 is 0 Å². The van der Waals surface area contributed by atoms with Crippen LogP contribution in [0.25, 0.3) is 0 Å². The van der Waals surface area contributed by atoms with E-state index < -0.39 is 0 Å². The summed E-state index contributed by atoms with van der Waals surface area (Å²) in [6.07, 6.45) is 1.77. The number of hydrogen-bond acceptors (Lipinski definition) is 2. The van der Waals surface area contributed by atoms with Crippen LogP contribution in [0.5, 0.6) is 0 Å². The Kier molecular flexibility index (Phi) is 3.67. The van der Waals surface area contributed by atoms with Crippen molar-refractivity contribution in [3.8, 4) is 0 Å². The summed E-state index contributed by atoms with van der Waals surface area (Å²) in [5.74, 6) is 0.112. The van der Waals surface area contributed by atoms with Gasteiger partial charge in [-0.25, -0.2) is 0 Å². The van der Waals surface area contributed by atoms with Crippen LogP contribution in [-0.2, 0) is 6.54 Å². The maximum absolute atomic E-state index is 11.3. The summed E-state index contributed by atoms with van der Waals surface area (Å²) in [5.41, 5.74) is 3.04. The third-order valence-corrected chi connectivity index (χ3v) is 2.29. The summed E-state index contributed by atoms with van der Waals surface area (Å²) in [6, 6.07) is 5.95. The van der Waals surface area contributed by atoms with Gasteiger partial charge in [0.15, 0.2) is 5.78 Å². The molecule has 0 amide bonds. The molecule has 0 fully saturated rings. The first-order valence-electron chi connectivity index (χ1n) is 4.97. The van der Waals surface area contributed by atoms with Gasteiger partial charge < -0.3 is 4.90 Å². The minimum atomic E-state index is 0.112. The first kappa shape index (κ1) is 11.5. The number of benzene rings is 1. The van der Waals surface area contributed by atoms with Crippen LogP contribution in [0.3, 0.4) is 0 Å². The molecule has 0 spiro atoms. The Labute approximate surface area is 91.2 Å². The number of hydrogen-bond donors (Lipinski definition) is 0. The summed E-state index contributed by atoms with van der Waals surface area (Å²) in [5, 5.41) is 0. The summed E-state index contributed by atoms with van der Waals surface area (Å²) in [4.78, 5) is 13.3. The number of aryl methyl sites for hydroxylation is 1. The van der Waals surface area contributed by atoms with Crippen LogP contribution in [0.2, 0.25) is 0 Å². The highest BCUT2D eigenvalue weighted by Crippen LogP contribution is 2.12. The highest BCUT2D eigenvalue weighted by Gasteiger charge is 2.03. The van der Waals surface area contributed by atoms with E-state index in [9.17, 15) is 4.79 Å². The van der Waals surface area contributed by atoms with Gasteiger partial charge in [0, 0.05) is 19.2 Å². The fourth-order valence-electron chi connectivity index (χ4n) is 1.51. The Bertz CT molecular complexity index is 382. The maximum Gasteiger partial charge on any atom is 0.159 e. The standard InChI is InChI=1S/C13H17NO/c1-5-14(4)9-12-6-10(2)7-13(8-12)11(3)15/h5-8H,1,9H2,2-4H3. The lowest BCUT2D eigenvalue weighted by Gasteiger charge is -2.14. The number of rotatable bonds is 4. The van der Waals surface area contributed by atoms with Gasteiger partial charge in [0.2, 0.25) is 0 Å². The molecule has 0 radical (unpaired) electrons. The van der Waals surface area contributed by atoms with Crippen LogP contribution < -0.4 is 0 Å². The van der Waals surface area contributed by atoms with Crippen molar-refractivity contribution in [1.29, 1.82) is 0 Å². The van der Waals surface area contributed by atoms with Crippen molar-refractivity contribution < 1.29 is 4.79 Å². The van der Waals surface area contributed by atoms with Gasteiger partial charge in [-0.2, -0.15) is 0 Å². The van der Waals surface area contributed by atoms with Gasteiger partial charge in [0.25, 0.3) is 0 Å². The summed E-state index contributed by atoms with van der Waals surface area (Å²) in [7, 11) is 1.96. The van der Waals surface area contributed by atoms with Crippen LogP contribution in [0.15, 0.2) is 31.0 Å². The quantitative estimate of drug-likeness (QED) is 0.701. The van der Waals surface area contributed by atoms with Crippen LogP contribution in [0.1, 0.15) is 28.4 Å². The second kappa shape index (κ2) is 4.78. The lowest BCUT2D eigenvalue weighted by atomic mass is 10.0. The van der Waals surface area contributed by atoms with Crippen molar-refractivity contribution in [2.75, 3.05) is 7.05 Å². The van der Waals surface area contributed by atoms with Crippen molar-refractivity contribution in [3.63, 3.8) is 0 Å². The smallest absolute Gasteiger partial charge is 0.159 e. The highest BCUT2D eigenvalue weighted by molar-refractivity contribution is 5.94. The lowest BCUT2D eigenvalue weighted by Crippen LogP contribution is -2.10. The number of nitrogens with zero attached hydrogens (tertiary/aromatic N) is 1. The summed E-state index contributed by atoms with van der Waals surface area (Å²) in [6.45, 7) is 8.08. The van der Waals surface area contributed by atoms with Gasteiger partial charge in [-0.3, -0.25) is 4.79 Å². The van der Waals surface area contributed by atoms with Crippen LogP contribution >= 0.6 is 0 Å². The molecule has 2 heteroatoms. The molecule has 0 bridgehead atoms. The molecule has 0 unspecified atom stereocenters. The molecule has 1 rings (SSSR count). The number of ketones is 1. The van der Waals surface area contributed by atoms with Gasteiger partial charge in [-0.05, 0) is 37.7 Å². The topological polar surface area (TPSA) is 20.3 Å². The monoisotopic (exact) mass is 203 g/mol. The zero-order valence-corrected chi connectivity index (χ0v) is 9.58. The molecule has 0 aliphatic heterocycles. The van der Waals surface area contributed by atoms with E-state index in [0.717, 1.165) is 23.2 Å². The van der Waals surface area contributed by atoms with E-state index in [1.54, 1.807) is 13.1 Å². The number of carbonyl (C=O) groups is 1. The molecule has 1 aromatic rings. The Balaban J connectivity index is 2.98. The number of Topliss-reactive ketones (excluding diaryl/α,β-unsaturated/α-hetero) is 1. The predicted octanol–water partition coefficient (Wildman–Crippen LogP) is 2.77. The lowest BCUT2D eigenvalue weighted by molar-refractivity contribution is 0.101. The molecule has 0 N–H and O–H groups in total. The normalized spacial score (nSPS) is 9.80. The zero-order valence-electron chi connectivity index (χ0n) is 9.58. The molecular weight excluding hydrogens is 186 g/mol. The van der Waals surface area contributed by atoms with Gasteiger partial charge >= 0.3 is 0 Å². The van der Waals surface area contributed by atoms with E-state index in [-0.39, 0.29) is 5.78 Å². The fraction of sp³-hybridized carbons (Fsp3) is 0.308. The van der Waals surface area contributed by atoms with Gasteiger partial charge in [0.1, 0.15) is 0 Å². The van der Waals surface area contributed by atoms with E-state index in [1.165, 1.54) is 0 Å². The first-order chi connectivity index (χ1) is 7.02. The van der Waals surface area contributed by atoms with Crippen molar-refractivity contribution in [2.45, 2.75) is 20.4 Å². The second-order valence-electron chi connectivity index (χ2n) is 3.86. The molecule has 1 aromatic carbocycles. The van der Waals surface area contributed by atoms with Crippen molar-refractivity contribution in [3.05, 3.63) is 47.7 Å². The van der Waals surface area contributed by atoms with Crippen LogP contribution in [0.4, 0.5) is 0 Å². The number of carbonyl (C=O) groups excluding carboxylic acids is 1. The maximum atomic E-state index is 11.3. The Morgan fingerprint density at radius 3 is 2.67 bits per heavy atom. The highest BCUT2D eigenvalue weighted by atomic mass is 16.1. The summed E-state index contributed by atoms with van der Waals surface area (Å²) < 4.78 is 0. The SMILES string of the molecule is C=CN(C)Cc1cc(C)cc(C(C)=O)c1. The largest absolute Gasteiger partial charge is 0.377 e. The van der Waals surface area contributed by atoms with E-state index in [1.807, 2.05) is 31.0 Å². The first-order valence-corrected chi connectivity index (χ1v) is 4.97. The third-order valence-electron chi connectivity index (χ3n) is 2.29. The molecule has 2 nitrogen and oxygen atoms in total. The van der Waals surface area contributed by atoms with Crippen molar-refractivity contribution >= 4 is 5.78 Å². The van der Waals surface area contributed by atoms with Gasteiger partial charge in [-0.1, -0.05) is 18.2 Å². The average molecular weight is 203 g/mol. The molecule has 0 heterocycles. The molecule has 0 saturated heterocycles. The Morgan fingerprint density at radius 1 is 1.47 bits per heavy atom. The van der Waals surface area contributed by atoms with Crippen LogP contribution in [0, 0.1) is 6.92 Å². The van der Waals surface area contributed by atoms with Crippen molar-refractivity contribution in [1.82, 2.24) is 4.90 Å². The molecular formula is C13H17NO.